The number of ether oxygens (including phenoxy) is 2. The van der Waals surface area contributed by atoms with Crippen LogP contribution in [-0.4, -0.2) is 32.5 Å². The van der Waals surface area contributed by atoms with Gasteiger partial charge in [-0.1, -0.05) is 35.9 Å². The summed E-state index contributed by atoms with van der Waals surface area (Å²) >= 11 is 5.91. The zero-order valence-corrected chi connectivity index (χ0v) is 22.3. The maximum atomic E-state index is 13.2. The zero-order valence-electron chi connectivity index (χ0n) is 20.8. The molecule has 0 radical (unpaired) electrons. The molecule has 8 nitrogen and oxygen atoms in total. The van der Waals surface area contributed by atoms with Crippen molar-refractivity contribution in [1.29, 1.82) is 0 Å². The van der Waals surface area contributed by atoms with Crippen LogP contribution in [-0.2, 0) is 26.8 Å². The second kappa shape index (κ2) is 12.0. The number of anilines is 1. The fraction of sp³-hybridized carbons (Fsp3) is 0.103. The largest absolute Gasteiger partial charge is 0.493 e. The summed E-state index contributed by atoms with van der Waals surface area (Å²) in [7, 11) is -2.35. The van der Waals surface area contributed by atoms with Gasteiger partial charge in [0.1, 0.15) is 5.75 Å². The maximum Gasteiger partial charge on any atom is 0.307 e. The van der Waals surface area contributed by atoms with Crippen molar-refractivity contribution in [2.75, 3.05) is 12.4 Å². The Morgan fingerprint density at radius 2 is 1.56 bits per heavy atom. The lowest BCUT2D eigenvalue weighted by atomic mass is 10.1. The van der Waals surface area contributed by atoms with E-state index in [1.165, 1.54) is 37.4 Å². The van der Waals surface area contributed by atoms with Crippen LogP contribution in [0.3, 0.4) is 0 Å². The first-order chi connectivity index (χ1) is 18.6. The Balaban J connectivity index is 1.71. The number of sulfone groups is 1. The number of carbonyl (C=O) groups excluding carboxylic acids is 1. The molecular formula is C29H24ClNO7S. The summed E-state index contributed by atoms with van der Waals surface area (Å²) in [5.74, 6) is -1.09. The second-order valence-electron chi connectivity index (χ2n) is 8.51. The molecule has 0 heterocycles. The number of halogens is 1. The molecule has 200 valence electrons. The molecule has 0 aliphatic carbocycles. The number of hydrogen-bond acceptors (Lipinski definition) is 6. The van der Waals surface area contributed by atoms with E-state index in [-0.39, 0.29) is 28.4 Å². The van der Waals surface area contributed by atoms with Crippen LogP contribution in [0.4, 0.5) is 5.69 Å². The predicted molar refractivity (Wildman–Crippen MR) is 148 cm³/mol. The lowest BCUT2D eigenvalue weighted by molar-refractivity contribution is -0.136. The average molecular weight is 566 g/mol. The lowest BCUT2D eigenvalue weighted by Gasteiger charge is -2.16. The number of carbonyl (C=O) groups is 2. The quantitative estimate of drug-likeness (QED) is 0.242. The third kappa shape index (κ3) is 7.16. The standard InChI is InChI=1S/C29H24ClNO7S/c1-37-26-13-7-19(16-28(32)33)15-27(26)38-25-14-12-23(31-29(34)20-8-10-22(30)11-9-20)17-21(25)18-39(35,36)24-5-3-2-4-6-24/h2-15,17H,16,18H2,1H3,(H,31,34)(H,32,33). The molecule has 39 heavy (non-hydrogen) atoms. The van der Waals surface area contributed by atoms with Gasteiger partial charge >= 0.3 is 5.97 Å². The molecule has 4 aromatic carbocycles. The Labute approximate surface area is 230 Å². The Bertz CT molecular complexity index is 1600. The first-order valence-corrected chi connectivity index (χ1v) is 13.7. The van der Waals surface area contributed by atoms with Crippen LogP contribution < -0.4 is 14.8 Å². The highest BCUT2D eigenvalue weighted by Gasteiger charge is 2.20. The van der Waals surface area contributed by atoms with Gasteiger partial charge in [0.15, 0.2) is 21.3 Å². The van der Waals surface area contributed by atoms with Crippen molar-refractivity contribution in [3.63, 3.8) is 0 Å². The third-order valence-electron chi connectivity index (χ3n) is 5.68. The number of benzene rings is 4. The van der Waals surface area contributed by atoms with Gasteiger partial charge in [-0.05, 0) is 72.3 Å². The van der Waals surface area contributed by atoms with E-state index in [2.05, 4.69) is 5.32 Å². The Hall–Kier alpha value is -4.34. The van der Waals surface area contributed by atoms with Crippen LogP contribution in [0.5, 0.6) is 17.2 Å². The van der Waals surface area contributed by atoms with Gasteiger partial charge in [-0.3, -0.25) is 9.59 Å². The Morgan fingerprint density at radius 3 is 2.23 bits per heavy atom. The van der Waals surface area contributed by atoms with Crippen molar-refractivity contribution >= 4 is 39.0 Å². The van der Waals surface area contributed by atoms with Crippen LogP contribution >= 0.6 is 11.6 Å². The first kappa shape index (κ1) is 27.7. The van der Waals surface area contributed by atoms with Gasteiger partial charge < -0.3 is 19.9 Å². The van der Waals surface area contributed by atoms with E-state index in [0.717, 1.165) is 0 Å². The molecule has 0 aromatic heterocycles. The normalized spacial score (nSPS) is 11.0. The molecule has 0 spiro atoms. The number of rotatable bonds is 10. The molecule has 2 N–H and O–H groups in total. The van der Waals surface area contributed by atoms with Crippen molar-refractivity contribution < 1.29 is 32.6 Å². The third-order valence-corrected chi connectivity index (χ3v) is 7.61. The molecular weight excluding hydrogens is 542 g/mol. The minimum Gasteiger partial charge on any atom is -0.493 e. The molecule has 0 atom stereocenters. The number of methoxy groups -OCH3 is 1. The number of aliphatic carboxylic acids is 1. The van der Waals surface area contributed by atoms with Crippen LogP contribution in [0, 0.1) is 0 Å². The number of carboxylic acids is 1. The van der Waals surface area contributed by atoms with Gasteiger partial charge in [0.25, 0.3) is 5.91 Å². The molecule has 0 bridgehead atoms. The highest BCUT2D eigenvalue weighted by Crippen LogP contribution is 2.36. The van der Waals surface area contributed by atoms with Gasteiger partial charge in [-0.15, -0.1) is 0 Å². The SMILES string of the molecule is COc1ccc(CC(=O)O)cc1Oc1ccc(NC(=O)c2ccc(Cl)cc2)cc1CS(=O)(=O)c1ccccc1. The summed E-state index contributed by atoms with van der Waals surface area (Å²) in [5.41, 5.74) is 1.48. The van der Waals surface area contributed by atoms with Crippen molar-refractivity contribution in [1.82, 2.24) is 0 Å². The monoisotopic (exact) mass is 565 g/mol. The molecule has 4 rings (SSSR count). The van der Waals surface area contributed by atoms with Gasteiger partial charge in [-0.25, -0.2) is 8.42 Å². The summed E-state index contributed by atoms with van der Waals surface area (Å²) in [6.45, 7) is 0. The molecule has 4 aromatic rings. The van der Waals surface area contributed by atoms with Gasteiger partial charge in [0, 0.05) is 21.8 Å². The van der Waals surface area contributed by atoms with Crippen molar-refractivity contribution in [3.05, 3.63) is 113 Å². The maximum absolute atomic E-state index is 13.2. The van der Waals surface area contributed by atoms with Gasteiger partial charge in [-0.2, -0.15) is 0 Å². The highest BCUT2D eigenvalue weighted by molar-refractivity contribution is 7.90. The average Bonchev–Trinajstić information content (AvgIpc) is 2.90. The molecule has 1 amide bonds. The van der Waals surface area contributed by atoms with Crippen LogP contribution in [0.15, 0.2) is 95.9 Å². The minimum atomic E-state index is -3.79. The van der Waals surface area contributed by atoms with E-state index in [0.29, 0.717) is 27.6 Å². The summed E-state index contributed by atoms with van der Waals surface area (Å²) < 4.78 is 37.9. The first-order valence-electron chi connectivity index (χ1n) is 11.7. The smallest absolute Gasteiger partial charge is 0.307 e. The minimum absolute atomic E-state index is 0.132. The van der Waals surface area contributed by atoms with Gasteiger partial charge in [0.2, 0.25) is 0 Å². The topological polar surface area (TPSA) is 119 Å². The second-order valence-corrected chi connectivity index (χ2v) is 10.9. The van der Waals surface area contributed by atoms with Crippen LogP contribution in [0.2, 0.25) is 5.02 Å². The molecule has 0 unspecified atom stereocenters. The molecule has 0 aliphatic heterocycles. The summed E-state index contributed by atoms with van der Waals surface area (Å²) in [4.78, 5) is 24.1. The molecule has 0 aliphatic rings. The van der Waals surface area contributed by atoms with E-state index in [4.69, 9.17) is 21.1 Å². The van der Waals surface area contributed by atoms with Crippen LogP contribution in [0.25, 0.3) is 0 Å². The van der Waals surface area contributed by atoms with E-state index >= 15 is 0 Å². The van der Waals surface area contributed by atoms with E-state index < -0.39 is 27.5 Å². The number of nitrogens with one attached hydrogen (secondary N) is 1. The lowest BCUT2D eigenvalue weighted by Crippen LogP contribution is -2.12. The van der Waals surface area contributed by atoms with Crippen molar-refractivity contribution in [3.8, 4) is 17.2 Å². The molecule has 0 saturated heterocycles. The Morgan fingerprint density at radius 1 is 0.872 bits per heavy atom. The van der Waals surface area contributed by atoms with E-state index in [1.807, 2.05) is 0 Å². The molecule has 0 fully saturated rings. The number of carboxylic acid groups (broad SMARTS) is 1. The Kier molecular flexibility index (Phi) is 8.53. The number of hydrogen-bond donors (Lipinski definition) is 2. The highest BCUT2D eigenvalue weighted by atomic mass is 35.5. The fourth-order valence-electron chi connectivity index (χ4n) is 3.79. The molecule has 10 heteroatoms. The predicted octanol–water partition coefficient (Wildman–Crippen LogP) is 5.99. The van der Waals surface area contributed by atoms with E-state index in [9.17, 15) is 23.1 Å². The van der Waals surface area contributed by atoms with Crippen molar-refractivity contribution in [2.45, 2.75) is 17.1 Å². The summed E-state index contributed by atoms with van der Waals surface area (Å²) in [5, 5.41) is 12.4. The molecule has 0 saturated carbocycles. The van der Waals surface area contributed by atoms with Gasteiger partial charge in [0.05, 0.1) is 24.2 Å². The van der Waals surface area contributed by atoms with Crippen LogP contribution in [0.1, 0.15) is 21.5 Å². The summed E-state index contributed by atoms with van der Waals surface area (Å²) in [6, 6.07) is 23.7. The van der Waals surface area contributed by atoms with E-state index in [1.54, 1.807) is 60.7 Å². The zero-order chi connectivity index (χ0) is 28.0. The number of amides is 1. The summed E-state index contributed by atoms with van der Waals surface area (Å²) in [6.07, 6.45) is -0.231. The van der Waals surface area contributed by atoms with Crippen molar-refractivity contribution in [2.24, 2.45) is 0 Å². The fourth-order valence-corrected chi connectivity index (χ4v) is 5.29.